The number of nitrogens with zero attached hydrogens (tertiary/aromatic N) is 4. The van der Waals surface area contributed by atoms with Crippen LogP contribution in [-0.4, -0.2) is 41.3 Å². The Balaban J connectivity index is 1.41. The normalized spacial score (nSPS) is 12.1. The van der Waals surface area contributed by atoms with Crippen LogP contribution >= 0.6 is 0 Å². The minimum atomic E-state index is -4.70. The van der Waals surface area contributed by atoms with Gasteiger partial charge in [-0.15, -0.1) is 0 Å². The molecule has 0 spiro atoms. The summed E-state index contributed by atoms with van der Waals surface area (Å²) in [6, 6.07) is 9.57. The van der Waals surface area contributed by atoms with Gasteiger partial charge in [0.25, 0.3) is 0 Å². The summed E-state index contributed by atoms with van der Waals surface area (Å²) < 4.78 is 81.8. The van der Waals surface area contributed by atoms with Gasteiger partial charge in [0, 0.05) is 37.4 Å². The standard InChI is InChI=1S/C22H21F4N7O2S/c1-33-19-11-16(6-3-14(19)12-29-33)31-21-28-13-18(22(24,25)26)20(32-21)27-9-2-10-30-36(34,35)17-7-4-15(23)5-8-17/h3-8,11-13,30H,2,9-10H2,1H3,(H2,27,28,31,32). The Kier molecular flexibility index (Phi) is 7.08. The van der Waals surface area contributed by atoms with E-state index in [4.69, 9.17) is 0 Å². The number of anilines is 3. The molecule has 0 bridgehead atoms. The number of alkyl halides is 3. The Hall–Kier alpha value is -3.78. The van der Waals surface area contributed by atoms with E-state index in [0.29, 0.717) is 11.9 Å². The van der Waals surface area contributed by atoms with E-state index >= 15 is 0 Å². The van der Waals surface area contributed by atoms with Crippen LogP contribution in [0.2, 0.25) is 0 Å². The largest absolute Gasteiger partial charge is 0.421 e. The number of halogens is 4. The van der Waals surface area contributed by atoms with Crippen LogP contribution in [0.1, 0.15) is 12.0 Å². The Morgan fingerprint density at radius 2 is 1.78 bits per heavy atom. The molecule has 2 aromatic carbocycles. The van der Waals surface area contributed by atoms with Gasteiger partial charge < -0.3 is 10.6 Å². The lowest BCUT2D eigenvalue weighted by Gasteiger charge is -2.15. The third-order valence-corrected chi connectivity index (χ3v) is 6.64. The first-order chi connectivity index (χ1) is 17.0. The fourth-order valence-corrected chi connectivity index (χ4v) is 4.41. The molecule has 2 heterocycles. The zero-order valence-corrected chi connectivity index (χ0v) is 19.7. The van der Waals surface area contributed by atoms with Crippen LogP contribution in [0.15, 0.2) is 59.8 Å². The maximum Gasteiger partial charge on any atom is 0.421 e. The molecule has 0 atom stereocenters. The highest BCUT2D eigenvalue weighted by molar-refractivity contribution is 7.89. The molecule has 0 aliphatic heterocycles. The highest BCUT2D eigenvalue weighted by Crippen LogP contribution is 2.34. The first kappa shape index (κ1) is 25.3. The van der Waals surface area contributed by atoms with Crippen molar-refractivity contribution in [2.75, 3.05) is 23.7 Å². The smallest absolute Gasteiger partial charge is 0.369 e. The molecule has 0 amide bonds. The van der Waals surface area contributed by atoms with E-state index in [-0.39, 0.29) is 30.4 Å². The average Bonchev–Trinajstić information content (AvgIpc) is 3.18. The Morgan fingerprint density at radius 3 is 2.50 bits per heavy atom. The van der Waals surface area contributed by atoms with Crippen molar-refractivity contribution in [1.82, 2.24) is 24.5 Å². The molecule has 0 saturated carbocycles. The van der Waals surface area contributed by atoms with E-state index in [1.165, 1.54) is 0 Å². The maximum absolute atomic E-state index is 13.5. The fraction of sp³-hybridized carbons (Fsp3) is 0.227. The van der Waals surface area contributed by atoms with Gasteiger partial charge in [-0.2, -0.15) is 23.3 Å². The second kappa shape index (κ2) is 10.1. The molecule has 0 unspecified atom stereocenters. The van der Waals surface area contributed by atoms with Gasteiger partial charge in [-0.3, -0.25) is 4.68 Å². The molecule has 4 rings (SSSR count). The van der Waals surface area contributed by atoms with Gasteiger partial charge in [0.05, 0.1) is 16.6 Å². The molecule has 0 saturated heterocycles. The topological polar surface area (TPSA) is 114 Å². The van der Waals surface area contributed by atoms with Crippen LogP contribution in [0.4, 0.5) is 35.0 Å². The summed E-state index contributed by atoms with van der Waals surface area (Å²) in [5.41, 5.74) is 0.322. The monoisotopic (exact) mass is 523 g/mol. The van der Waals surface area contributed by atoms with Crippen molar-refractivity contribution in [2.24, 2.45) is 7.05 Å². The molecule has 0 fully saturated rings. The molecule has 190 valence electrons. The lowest BCUT2D eigenvalue weighted by atomic mass is 10.2. The highest BCUT2D eigenvalue weighted by atomic mass is 32.2. The van der Waals surface area contributed by atoms with Crippen molar-refractivity contribution in [2.45, 2.75) is 17.5 Å². The predicted octanol–water partition coefficient (Wildman–Crippen LogP) is 4.05. The molecule has 3 N–H and O–H groups in total. The second-order valence-corrected chi connectivity index (χ2v) is 9.52. The summed E-state index contributed by atoms with van der Waals surface area (Å²) in [4.78, 5) is 7.64. The molecule has 0 aliphatic carbocycles. The Morgan fingerprint density at radius 1 is 1.03 bits per heavy atom. The molecule has 0 aliphatic rings. The Labute approximate surface area is 203 Å². The van der Waals surface area contributed by atoms with Gasteiger partial charge in [-0.25, -0.2) is 22.5 Å². The third-order valence-electron chi connectivity index (χ3n) is 5.16. The van der Waals surface area contributed by atoms with Gasteiger partial charge in [0.1, 0.15) is 17.2 Å². The third kappa shape index (κ3) is 5.88. The molecular formula is C22H21F4N7O2S. The number of aryl methyl sites for hydroxylation is 1. The van der Waals surface area contributed by atoms with Crippen LogP contribution < -0.4 is 15.4 Å². The zero-order chi connectivity index (χ0) is 25.9. The minimum Gasteiger partial charge on any atom is -0.369 e. The van der Waals surface area contributed by atoms with Crippen molar-refractivity contribution in [1.29, 1.82) is 0 Å². The summed E-state index contributed by atoms with van der Waals surface area (Å²) in [5, 5.41) is 10.5. The van der Waals surface area contributed by atoms with Crippen molar-refractivity contribution < 1.29 is 26.0 Å². The first-order valence-electron chi connectivity index (χ1n) is 10.6. The van der Waals surface area contributed by atoms with Gasteiger partial charge >= 0.3 is 6.18 Å². The van der Waals surface area contributed by atoms with E-state index in [1.807, 2.05) is 0 Å². The minimum absolute atomic E-state index is 0.00749. The van der Waals surface area contributed by atoms with Crippen molar-refractivity contribution in [3.63, 3.8) is 0 Å². The molecule has 14 heteroatoms. The Bertz CT molecular complexity index is 1470. The molecule has 4 aromatic rings. The quantitative estimate of drug-likeness (QED) is 0.224. The van der Waals surface area contributed by atoms with Gasteiger partial charge in [0.2, 0.25) is 16.0 Å². The number of hydrogen-bond donors (Lipinski definition) is 3. The molecule has 36 heavy (non-hydrogen) atoms. The van der Waals surface area contributed by atoms with Gasteiger partial charge in [-0.05, 0) is 48.9 Å². The highest BCUT2D eigenvalue weighted by Gasteiger charge is 2.35. The number of aromatic nitrogens is 4. The molecule has 2 aromatic heterocycles. The molecular weight excluding hydrogens is 502 g/mol. The number of sulfonamides is 1. The summed E-state index contributed by atoms with van der Waals surface area (Å²) in [6.45, 7) is -0.0680. The summed E-state index contributed by atoms with van der Waals surface area (Å²) in [5.74, 6) is -1.07. The van der Waals surface area contributed by atoms with E-state index in [2.05, 4.69) is 30.4 Å². The molecule has 9 nitrogen and oxygen atoms in total. The van der Waals surface area contributed by atoms with Crippen LogP contribution in [0.5, 0.6) is 0 Å². The zero-order valence-electron chi connectivity index (χ0n) is 18.8. The molecule has 0 radical (unpaired) electrons. The fourth-order valence-electron chi connectivity index (χ4n) is 3.33. The van der Waals surface area contributed by atoms with Crippen LogP contribution in [-0.2, 0) is 23.2 Å². The number of benzene rings is 2. The van der Waals surface area contributed by atoms with Crippen molar-refractivity contribution >= 4 is 38.4 Å². The van der Waals surface area contributed by atoms with Crippen molar-refractivity contribution in [3.8, 4) is 0 Å². The van der Waals surface area contributed by atoms with Crippen LogP contribution in [0, 0.1) is 5.82 Å². The maximum atomic E-state index is 13.5. The summed E-state index contributed by atoms with van der Waals surface area (Å²) in [7, 11) is -2.11. The number of hydrogen-bond acceptors (Lipinski definition) is 7. The van der Waals surface area contributed by atoms with Crippen LogP contribution in [0.25, 0.3) is 10.9 Å². The van der Waals surface area contributed by atoms with E-state index < -0.39 is 33.4 Å². The summed E-state index contributed by atoms with van der Waals surface area (Å²) >= 11 is 0. The lowest BCUT2D eigenvalue weighted by molar-refractivity contribution is -0.137. The second-order valence-electron chi connectivity index (χ2n) is 7.75. The average molecular weight is 524 g/mol. The predicted molar refractivity (Wildman–Crippen MR) is 126 cm³/mol. The van der Waals surface area contributed by atoms with Gasteiger partial charge in [0.15, 0.2) is 0 Å². The first-order valence-corrected chi connectivity index (χ1v) is 12.1. The van der Waals surface area contributed by atoms with E-state index in [1.54, 1.807) is 36.1 Å². The van der Waals surface area contributed by atoms with E-state index in [0.717, 1.165) is 35.2 Å². The number of fused-ring (bicyclic) bond motifs is 1. The van der Waals surface area contributed by atoms with E-state index in [9.17, 15) is 26.0 Å². The number of rotatable bonds is 9. The number of nitrogens with one attached hydrogen (secondary N) is 3. The lowest BCUT2D eigenvalue weighted by Crippen LogP contribution is -2.26. The summed E-state index contributed by atoms with van der Waals surface area (Å²) in [6.07, 6.45) is -2.17. The van der Waals surface area contributed by atoms with Crippen molar-refractivity contribution in [3.05, 3.63) is 66.2 Å². The van der Waals surface area contributed by atoms with Crippen LogP contribution in [0.3, 0.4) is 0 Å². The van der Waals surface area contributed by atoms with Gasteiger partial charge in [-0.1, -0.05) is 0 Å². The SMILES string of the molecule is Cn1ncc2ccc(Nc3ncc(C(F)(F)F)c(NCCCNS(=O)(=O)c4ccc(F)cc4)n3)cc21.